The van der Waals surface area contributed by atoms with Crippen molar-refractivity contribution >= 4 is 23.3 Å². The molecular formula is C23H23ClN4O. The quantitative estimate of drug-likeness (QED) is 0.647. The fraction of sp³-hybridized carbons (Fsp3) is 0.261. The smallest absolute Gasteiger partial charge is 0.255 e. The second-order valence-electron chi connectivity index (χ2n) is 7.33. The molecule has 0 spiro atoms. The molecule has 0 radical (unpaired) electrons. The molecule has 5 nitrogen and oxygen atoms in total. The number of halogens is 1. The van der Waals surface area contributed by atoms with Crippen LogP contribution in [-0.4, -0.2) is 47.2 Å². The number of hydrogen-bond donors (Lipinski definition) is 0. The molecule has 3 aromatic rings. The van der Waals surface area contributed by atoms with Crippen LogP contribution in [0.3, 0.4) is 0 Å². The average molecular weight is 407 g/mol. The molecule has 0 atom stereocenters. The molecule has 0 bridgehead atoms. The molecule has 1 aliphatic heterocycles. The predicted octanol–water partition coefficient (Wildman–Crippen LogP) is 4.38. The lowest BCUT2D eigenvalue weighted by atomic mass is 10.0. The molecule has 2 heterocycles. The van der Waals surface area contributed by atoms with Gasteiger partial charge in [0, 0.05) is 31.7 Å². The number of aromatic nitrogens is 2. The summed E-state index contributed by atoms with van der Waals surface area (Å²) in [4.78, 5) is 16.7. The van der Waals surface area contributed by atoms with Crippen molar-refractivity contribution in [3.63, 3.8) is 0 Å². The van der Waals surface area contributed by atoms with Gasteiger partial charge in [-0.2, -0.15) is 0 Å². The van der Waals surface area contributed by atoms with Crippen LogP contribution in [0.2, 0.25) is 5.02 Å². The number of amides is 1. The Balaban J connectivity index is 1.41. The molecule has 2 aromatic carbocycles. The summed E-state index contributed by atoms with van der Waals surface area (Å²) in [5, 5.41) is 9.34. The van der Waals surface area contributed by atoms with Crippen molar-refractivity contribution in [1.29, 1.82) is 0 Å². The zero-order valence-electron chi connectivity index (χ0n) is 16.6. The summed E-state index contributed by atoms with van der Waals surface area (Å²) >= 11 is 6.17. The number of nitrogens with zero attached hydrogens (tertiary/aromatic N) is 4. The Bertz CT molecular complexity index is 1030. The topological polar surface area (TPSA) is 49.3 Å². The fourth-order valence-corrected chi connectivity index (χ4v) is 3.71. The molecule has 6 heteroatoms. The molecule has 0 unspecified atom stereocenters. The van der Waals surface area contributed by atoms with Crippen molar-refractivity contribution in [1.82, 2.24) is 15.1 Å². The third-order valence-corrected chi connectivity index (χ3v) is 5.78. The predicted molar refractivity (Wildman–Crippen MR) is 117 cm³/mol. The highest BCUT2D eigenvalue weighted by molar-refractivity contribution is 6.33. The summed E-state index contributed by atoms with van der Waals surface area (Å²) in [5.74, 6) is 0.814. The Hall–Kier alpha value is -2.92. The normalized spacial score (nSPS) is 14.2. The Morgan fingerprint density at radius 3 is 2.31 bits per heavy atom. The van der Waals surface area contributed by atoms with E-state index in [0.29, 0.717) is 36.8 Å². The summed E-state index contributed by atoms with van der Waals surface area (Å²) in [6, 6.07) is 17.5. The molecule has 4 rings (SSSR count). The van der Waals surface area contributed by atoms with E-state index in [4.69, 9.17) is 11.6 Å². The van der Waals surface area contributed by atoms with E-state index < -0.39 is 0 Å². The van der Waals surface area contributed by atoms with Gasteiger partial charge < -0.3 is 9.80 Å². The summed E-state index contributed by atoms with van der Waals surface area (Å²) in [6.45, 7) is 6.89. The van der Waals surface area contributed by atoms with Crippen molar-refractivity contribution in [3.8, 4) is 11.3 Å². The van der Waals surface area contributed by atoms with Crippen LogP contribution in [0.1, 0.15) is 21.5 Å². The second-order valence-corrected chi connectivity index (χ2v) is 7.74. The number of aryl methyl sites for hydroxylation is 2. The Morgan fingerprint density at radius 1 is 0.897 bits per heavy atom. The lowest BCUT2D eigenvalue weighted by Gasteiger charge is -2.35. The largest absolute Gasteiger partial charge is 0.352 e. The molecule has 1 saturated heterocycles. The zero-order chi connectivity index (χ0) is 20.4. The zero-order valence-corrected chi connectivity index (χ0v) is 17.4. The van der Waals surface area contributed by atoms with E-state index in [2.05, 4.69) is 47.1 Å². The molecular weight excluding hydrogens is 384 g/mol. The van der Waals surface area contributed by atoms with Gasteiger partial charge >= 0.3 is 0 Å². The minimum Gasteiger partial charge on any atom is -0.352 e. The van der Waals surface area contributed by atoms with Crippen molar-refractivity contribution in [3.05, 3.63) is 76.3 Å². The van der Waals surface area contributed by atoms with Crippen LogP contribution < -0.4 is 4.90 Å². The highest BCUT2D eigenvalue weighted by atomic mass is 35.5. The first kappa shape index (κ1) is 19.4. The molecule has 29 heavy (non-hydrogen) atoms. The highest BCUT2D eigenvalue weighted by Gasteiger charge is 2.24. The van der Waals surface area contributed by atoms with Gasteiger partial charge in [0.15, 0.2) is 5.82 Å². The maximum absolute atomic E-state index is 12.7. The van der Waals surface area contributed by atoms with E-state index in [0.717, 1.165) is 17.1 Å². The average Bonchev–Trinajstić information content (AvgIpc) is 2.76. The summed E-state index contributed by atoms with van der Waals surface area (Å²) in [6.07, 6.45) is 0. The van der Waals surface area contributed by atoms with Crippen LogP contribution in [0.25, 0.3) is 11.3 Å². The van der Waals surface area contributed by atoms with E-state index in [1.54, 1.807) is 12.1 Å². The van der Waals surface area contributed by atoms with E-state index in [-0.39, 0.29) is 5.91 Å². The third kappa shape index (κ3) is 4.10. The van der Waals surface area contributed by atoms with Gasteiger partial charge in [-0.1, -0.05) is 35.9 Å². The van der Waals surface area contributed by atoms with Gasteiger partial charge in [0.05, 0.1) is 16.3 Å². The SMILES string of the molecule is Cc1ccc(-c2ccc(N3CCN(C(=O)c4ccccc4Cl)CC3)nn2)cc1C. The molecule has 1 aliphatic rings. The number of carbonyl (C=O) groups excluding carboxylic acids is 1. The van der Waals surface area contributed by atoms with Crippen LogP contribution in [0.5, 0.6) is 0 Å². The number of benzene rings is 2. The molecule has 0 aliphatic carbocycles. The van der Waals surface area contributed by atoms with Crippen molar-refractivity contribution in [2.45, 2.75) is 13.8 Å². The first-order valence-electron chi connectivity index (χ1n) is 9.73. The Labute approximate surface area is 175 Å². The Morgan fingerprint density at radius 2 is 1.66 bits per heavy atom. The summed E-state index contributed by atoms with van der Waals surface area (Å²) in [7, 11) is 0. The lowest BCUT2D eigenvalue weighted by molar-refractivity contribution is 0.0746. The first-order chi connectivity index (χ1) is 14.0. The van der Waals surface area contributed by atoms with Gasteiger partial charge in [0.2, 0.25) is 0 Å². The van der Waals surface area contributed by atoms with E-state index >= 15 is 0 Å². The monoisotopic (exact) mass is 406 g/mol. The first-order valence-corrected chi connectivity index (χ1v) is 10.1. The standard InChI is InChI=1S/C23H23ClN4O/c1-16-7-8-18(15-17(16)2)21-9-10-22(26-25-21)27-11-13-28(14-12-27)23(29)19-5-3-4-6-20(19)24/h3-10,15H,11-14H2,1-2H3. The Kier molecular flexibility index (Phi) is 5.49. The number of hydrogen-bond acceptors (Lipinski definition) is 4. The molecule has 0 N–H and O–H groups in total. The minimum absolute atomic E-state index is 0.0218. The van der Waals surface area contributed by atoms with Gasteiger partial charge in [-0.15, -0.1) is 10.2 Å². The lowest BCUT2D eigenvalue weighted by Crippen LogP contribution is -2.49. The van der Waals surface area contributed by atoms with Gasteiger partial charge in [0.25, 0.3) is 5.91 Å². The molecule has 1 amide bonds. The number of rotatable bonds is 3. The van der Waals surface area contributed by atoms with Crippen LogP contribution in [0.15, 0.2) is 54.6 Å². The second kappa shape index (κ2) is 8.21. The molecule has 1 aromatic heterocycles. The molecule has 148 valence electrons. The fourth-order valence-electron chi connectivity index (χ4n) is 3.49. The molecule has 1 fully saturated rings. The number of piperazine rings is 1. The number of carbonyl (C=O) groups is 1. The van der Waals surface area contributed by atoms with Gasteiger partial charge in [-0.3, -0.25) is 4.79 Å². The van der Waals surface area contributed by atoms with Crippen molar-refractivity contribution in [2.75, 3.05) is 31.1 Å². The van der Waals surface area contributed by atoms with E-state index in [1.807, 2.05) is 29.2 Å². The maximum Gasteiger partial charge on any atom is 0.255 e. The maximum atomic E-state index is 12.7. The van der Waals surface area contributed by atoms with Crippen molar-refractivity contribution < 1.29 is 4.79 Å². The minimum atomic E-state index is -0.0218. The summed E-state index contributed by atoms with van der Waals surface area (Å²) in [5.41, 5.74) is 5.00. The van der Waals surface area contributed by atoms with Crippen molar-refractivity contribution in [2.24, 2.45) is 0 Å². The van der Waals surface area contributed by atoms with Crippen LogP contribution in [-0.2, 0) is 0 Å². The van der Waals surface area contributed by atoms with Crippen LogP contribution in [0, 0.1) is 13.8 Å². The van der Waals surface area contributed by atoms with Gasteiger partial charge in [-0.25, -0.2) is 0 Å². The third-order valence-electron chi connectivity index (χ3n) is 5.45. The summed E-state index contributed by atoms with van der Waals surface area (Å²) < 4.78 is 0. The van der Waals surface area contributed by atoms with E-state index in [9.17, 15) is 4.79 Å². The van der Waals surface area contributed by atoms with Crippen LogP contribution >= 0.6 is 11.6 Å². The van der Waals surface area contributed by atoms with Gasteiger partial charge in [0.1, 0.15) is 0 Å². The van der Waals surface area contributed by atoms with Gasteiger partial charge in [-0.05, 0) is 55.3 Å². The number of anilines is 1. The highest BCUT2D eigenvalue weighted by Crippen LogP contribution is 2.23. The van der Waals surface area contributed by atoms with E-state index in [1.165, 1.54) is 11.1 Å². The van der Waals surface area contributed by atoms with Crippen LogP contribution in [0.4, 0.5) is 5.82 Å². The molecule has 0 saturated carbocycles.